The zero-order chi connectivity index (χ0) is 27.7. The molecular formula is C25H21F4N5O4. The van der Waals surface area contributed by atoms with E-state index in [0.29, 0.717) is 11.3 Å². The number of nitrogens with zero attached hydrogens (tertiary/aromatic N) is 2. The number of hydrogen-bond acceptors (Lipinski definition) is 5. The highest BCUT2D eigenvalue weighted by Gasteiger charge is 2.55. The number of nitriles is 1. The van der Waals surface area contributed by atoms with Crippen LogP contribution in [0.5, 0.6) is 0 Å². The minimum Gasteiger partial charge on any atom is -0.345 e. The molecule has 2 aromatic carbocycles. The molecule has 13 heteroatoms. The summed E-state index contributed by atoms with van der Waals surface area (Å²) in [4.78, 5) is 51.2. The van der Waals surface area contributed by atoms with Crippen molar-refractivity contribution in [3.05, 3.63) is 65.5 Å². The Kier molecular flexibility index (Phi) is 7.08. The third kappa shape index (κ3) is 5.15. The molecular weight excluding hydrogens is 510 g/mol. The maximum absolute atomic E-state index is 13.2. The van der Waals surface area contributed by atoms with E-state index in [2.05, 4.69) is 10.6 Å². The molecule has 9 nitrogen and oxygen atoms in total. The molecule has 0 radical (unpaired) electrons. The van der Waals surface area contributed by atoms with Crippen LogP contribution in [0.15, 0.2) is 48.5 Å². The Morgan fingerprint density at radius 1 is 1.16 bits per heavy atom. The zero-order valence-corrected chi connectivity index (χ0v) is 19.6. The number of benzene rings is 2. The minimum atomic E-state index is -5.26. The van der Waals surface area contributed by atoms with Gasteiger partial charge < -0.3 is 20.9 Å². The third-order valence-corrected chi connectivity index (χ3v) is 6.60. The predicted octanol–water partition coefficient (Wildman–Crippen LogP) is 1.55. The molecule has 2 aliphatic rings. The number of likely N-dealkylation sites (tertiary alicyclic amines) is 1. The molecule has 3 atom stereocenters. The van der Waals surface area contributed by atoms with Crippen LogP contribution >= 0.6 is 0 Å². The average molecular weight is 531 g/mol. The molecule has 3 N–H and O–H groups in total. The summed E-state index contributed by atoms with van der Waals surface area (Å²) in [5.41, 5.74) is 0.319. The van der Waals surface area contributed by atoms with E-state index < -0.39 is 60.2 Å². The van der Waals surface area contributed by atoms with Gasteiger partial charge in [0.1, 0.15) is 17.9 Å². The number of halogens is 4. The van der Waals surface area contributed by atoms with Crippen molar-refractivity contribution in [2.45, 2.75) is 36.5 Å². The van der Waals surface area contributed by atoms with Gasteiger partial charge in [0.2, 0.25) is 17.7 Å². The summed E-state index contributed by atoms with van der Waals surface area (Å²) in [7, 11) is 0. The Bertz CT molecular complexity index is 1320. The number of carbonyl (C=O) groups excluding carboxylic acids is 4. The van der Waals surface area contributed by atoms with Gasteiger partial charge in [0.15, 0.2) is 0 Å². The molecule has 2 aromatic rings. The molecule has 2 aliphatic heterocycles. The highest BCUT2D eigenvalue weighted by atomic mass is 19.4. The summed E-state index contributed by atoms with van der Waals surface area (Å²) in [6, 6.07) is 10.7. The predicted molar refractivity (Wildman–Crippen MR) is 124 cm³/mol. The van der Waals surface area contributed by atoms with E-state index in [9.17, 15) is 42.0 Å². The molecule has 1 spiro atoms. The molecule has 198 valence electrons. The van der Waals surface area contributed by atoms with Crippen molar-refractivity contribution in [3.63, 3.8) is 0 Å². The summed E-state index contributed by atoms with van der Waals surface area (Å²) in [6.07, 6.45) is -5.65. The van der Waals surface area contributed by atoms with Gasteiger partial charge in [-0.1, -0.05) is 30.3 Å². The summed E-state index contributed by atoms with van der Waals surface area (Å²) in [5.74, 6) is -5.16. The number of fused-ring (bicyclic) bond motifs is 2. The number of para-hydroxylation sites is 1. The standard InChI is InChI=1S/C25H21F4N5O4/c26-15-7-5-14(6-8-15)9-19(33-23(38)25(27,28)29)21(36)31-12-20(35)34-13-24(10-16(34)11-30)17-3-1-2-4-18(17)32-22(24)37/h1-8,16,19H,9-10,12-13H2,(H,31,36)(H,32,37)(H,33,38)/t16-,19-,24-/m0/s1. The van der Waals surface area contributed by atoms with Crippen LogP contribution in [0.4, 0.5) is 23.2 Å². The van der Waals surface area contributed by atoms with E-state index in [1.54, 1.807) is 29.6 Å². The maximum Gasteiger partial charge on any atom is 0.471 e. The van der Waals surface area contributed by atoms with Gasteiger partial charge in [-0.2, -0.15) is 18.4 Å². The number of amides is 4. The highest BCUT2D eigenvalue weighted by Crippen LogP contribution is 2.46. The number of nitrogens with one attached hydrogen (secondary N) is 3. The molecule has 0 unspecified atom stereocenters. The van der Waals surface area contributed by atoms with Crippen LogP contribution in [-0.2, 0) is 31.0 Å². The molecule has 0 aromatic heterocycles. The Balaban J connectivity index is 1.47. The molecule has 2 heterocycles. The molecule has 1 fully saturated rings. The minimum absolute atomic E-state index is 0.0286. The molecule has 38 heavy (non-hydrogen) atoms. The van der Waals surface area contributed by atoms with Gasteiger partial charge in [0.05, 0.1) is 18.0 Å². The summed E-state index contributed by atoms with van der Waals surface area (Å²) < 4.78 is 51.7. The van der Waals surface area contributed by atoms with Gasteiger partial charge in [-0.3, -0.25) is 19.2 Å². The number of alkyl halides is 3. The second kappa shape index (κ2) is 10.1. The summed E-state index contributed by atoms with van der Waals surface area (Å²) >= 11 is 0. The van der Waals surface area contributed by atoms with E-state index in [-0.39, 0.29) is 24.4 Å². The average Bonchev–Trinajstić information content (AvgIpc) is 3.40. The zero-order valence-electron chi connectivity index (χ0n) is 19.6. The lowest BCUT2D eigenvalue weighted by Crippen LogP contribution is -2.53. The van der Waals surface area contributed by atoms with Gasteiger partial charge in [0.25, 0.3) is 0 Å². The second-order valence-corrected chi connectivity index (χ2v) is 9.02. The topological polar surface area (TPSA) is 131 Å². The van der Waals surface area contributed by atoms with Crippen molar-refractivity contribution in [1.29, 1.82) is 5.26 Å². The Morgan fingerprint density at radius 2 is 1.84 bits per heavy atom. The van der Waals surface area contributed by atoms with Crippen molar-refractivity contribution >= 4 is 29.3 Å². The fourth-order valence-corrected chi connectivity index (χ4v) is 4.71. The lowest BCUT2D eigenvalue weighted by atomic mass is 9.80. The third-order valence-electron chi connectivity index (χ3n) is 6.60. The molecule has 0 saturated carbocycles. The van der Waals surface area contributed by atoms with Crippen LogP contribution in [0, 0.1) is 17.1 Å². The van der Waals surface area contributed by atoms with Gasteiger partial charge in [-0.05, 0) is 29.3 Å². The summed E-state index contributed by atoms with van der Waals surface area (Å²) in [6.45, 7) is -0.829. The molecule has 1 saturated heterocycles. The number of anilines is 1. The van der Waals surface area contributed by atoms with Gasteiger partial charge in [0, 0.05) is 25.1 Å². The largest absolute Gasteiger partial charge is 0.471 e. The first kappa shape index (κ1) is 26.6. The van der Waals surface area contributed by atoms with E-state index in [1.165, 1.54) is 12.1 Å². The van der Waals surface area contributed by atoms with Crippen LogP contribution < -0.4 is 16.0 Å². The number of rotatable bonds is 6. The van der Waals surface area contributed by atoms with Crippen LogP contribution in [0.1, 0.15) is 17.5 Å². The van der Waals surface area contributed by atoms with Gasteiger partial charge in [-0.25, -0.2) is 4.39 Å². The van der Waals surface area contributed by atoms with Crippen LogP contribution in [0.2, 0.25) is 0 Å². The van der Waals surface area contributed by atoms with Crippen molar-refractivity contribution in [2.75, 3.05) is 18.4 Å². The van der Waals surface area contributed by atoms with Crippen LogP contribution in [0.25, 0.3) is 0 Å². The molecule has 0 bridgehead atoms. The molecule has 4 rings (SSSR count). The fourth-order valence-electron chi connectivity index (χ4n) is 4.71. The van der Waals surface area contributed by atoms with Crippen LogP contribution in [-0.4, -0.2) is 59.9 Å². The summed E-state index contributed by atoms with van der Waals surface area (Å²) in [5, 5.41) is 16.2. The van der Waals surface area contributed by atoms with E-state index in [4.69, 9.17) is 0 Å². The van der Waals surface area contributed by atoms with Crippen molar-refractivity contribution < 1.29 is 36.7 Å². The first-order chi connectivity index (χ1) is 17.9. The van der Waals surface area contributed by atoms with Crippen molar-refractivity contribution in [2.24, 2.45) is 0 Å². The highest BCUT2D eigenvalue weighted by molar-refractivity contribution is 6.07. The Hall–Kier alpha value is -4.47. The first-order valence-electron chi connectivity index (χ1n) is 11.4. The number of carbonyl (C=O) groups is 4. The van der Waals surface area contributed by atoms with E-state index in [1.807, 2.05) is 6.07 Å². The first-order valence-corrected chi connectivity index (χ1v) is 11.4. The SMILES string of the molecule is N#C[C@@H]1C[C@@]2(CN1C(=O)CNC(=O)[C@H](Cc1ccc(F)cc1)NC(=O)C(F)(F)F)C(=O)Nc1ccccc12. The Labute approximate surface area is 213 Å². The quantitative estimate of drug-likeness (QED) is 0.487. The lowest BCUT2D eigenvalue weighted by Gasteiger charge is -2.24. The van der Waals surface area contributed by atoms with Crippen LogP contribution in [0.3, 0.4) is 0 Å². The number of hydrogen-bond donors (Lipinski definition) is 3. The van der Waals surface area contributed by atoms with Gasteiger partial charge >= 0.3 is 12.1 Å². The lowest BCUT2D eigenvalue weighted by molar-refractivity contribution is -0.174. The maximum atomic E-state index is 13.2. The monoisotopic (exact) mass is 531 g/mol. The normalized spacial score (nSPS) is 20.9. The van der Waals surface area contributed by atoms with E-state index in [0.717, 1.165) is 17.0 Å². The Morgan fingerprint density at radius 3 is 2.50 bits per heavy atom. The molecule has 4 amide bonds. The van der Waals surface area contributed by atoms with Gasteiger partial charge in [-0.15, -0.1) is 0 Å². The smallest absolute Gasteiger partial charge is 0.345 e. The fraction of sp³-hybridized carbons (Fsp3) is 0.320. The van der Waals surface area contributed by atoms with Crippen molar-refractivity contribution in [1.82, 2.24) is 15.5 Å². The van der Waals surface area contributed by atoms with E-state index >= 15 is 0 Å². The van der Waals surface area contributed by atoms with Crippen molar-refractivity contribution in [3.8, 4) is 6.07 Å². The second-order valence-electron chi connectivity index (χ2n) is 9.02. The molecule has 0 aliphatic carbocycles.